The lowest BCUT2D eigenvalue weighted by Gasteiger charge is -2.26. The fraction of sp³-hybridized carbons (Fsp3) is 0.435. The smallest absolute Gasteiger partial charge is 0.259 e. The Morgan fingerprint density at radius 1 is 1.16 bits per heavy atom. The van der Waals surface area contributed by atoms with Crippen molar-refractivity contribution in [3.8, 4) is 0 Å². The second-order valence-corrected chi connectivity index (χ2v) is 10.4. The van der Waals surface area contributed by atoms with Gasteiger partial charge >= 0.3 is 0 Å². The molecule has 1 aliphatic rings. The first-order chi connectivity index (χ1) is 15.0. The van der Waals surface area contributed by atoms with Gasteiger partial charge in [-0.1, -0.05) is 12.1 Å². The highest BCUT2D eigenvalue weighted by Gasteiger charge is 2.13. The quantitative estimate of drug-likeness (QED) is 0.566. The molecule has 8 heteroatoms. The molecule has 164 valence electrons. The van der Waals surface area contributed by atoms with Gasteiger partial charge in [0.15, 0.2) is 0 Å². The first kappa shape index (κ1) is 22.0. The Kier molecular flexibility index (Phi) is 7.09. The molecule has 0 unspecified atom stereocenters. The third-order valence-corrected chi connectivity index (χ3v) is 7.78. The average molecular weight is 457 g/mol. The van der Waals surface area contributed by atoms with Gasteiger partial charge in [-0.3, -0.25) is 9.59 Å². The zero-order chi connectivity index (χ0) is 21.8. The number of carbonyl (C=O) groups is 1. The molecular weight excluding hydrogens is 428 g/mol. The van der Waals surface area contributed by atoms with E-state index in [0.29, 0.717) is 17.6 Å². The minimum atomic E-state index is -0.124. The van der Waals surface area contributed by atoms with E-state index in [9.17, 15) is 9.59 Å². The van der Waals surface area contributed by atoms with E-state index >= 15 is 0 Å². The highest BCUT2D eigenvalue weighted by molar-refractivity contribution is 7.99. The fourth-order valence-electron chi connectivity index (χ4n) is 3.74. The molecule has 2 N–H and O–H groups in total. The van der Waals surface area contributed by atoms with E-state index < -0.39 is 0 Å². The third-order valence-electron chi connectivity index (χ3n) is 5.74. The summed E-state index contributed by atoms with van der Waals surface area (Å²) in [6.07, 6.45) is 1.70. The molecule has 1 saturated heterocycles. The van der Waals surface area contributed by atoms with E-state index in [4.69, 9.17) is 0 Å². The Morgan fingerprint density at radius 2 is 1.90 bits per heavy atom. The summed E-state index contributed by atoms with van der Waals surface area (Å²) in [7, 11) is 0. The van der Waals surface area contributed by atoms with Crippen molar-refractivity contribution in [2.24, 2.45) is 0 Å². The van der Waals surface area contributed by atoms with Crippen molar-refractivity contribution >= 4 is 44.9 Å². The van der Waals surface area contributed by atoms with Crippen LogP contribution in [0.15, 0.2) is 29.1 Å². The minimum absolute atomic E-state index is 0.0835. The van der Waals surface area contributed by atoms with E-state index in [-0.39, 0.29) is 17.9 Å². The molecule has 0 atom stereocenters. The van der Waals surface area contributed by atoms with Gasteiger partial charge < -0.3 is 15.2 Å². The van der Waals surface area contributed by atoms with Gasteiger partial charge in [0, 0.05) is 54.5 Å². The van der Waals surface area contributed by atoms with Gasteiger partial charge in [-0.05, 0) is 43.5 Å². The first-order valence-electron chi connectivity index (χ1n) is 10.7. The van der Waals surface area contributed by atoms with Gasteiger partial charge in [-0.15, -0.1) is 11.3 Å². The third kappa shape index (κ3) is 5.56. The first-order valence-corrected chi connectivity index (χ1v) is 12.6. The van der Waals surface area contributed by atoms with E-state index in [0.717, 1.165) is 33.9 Å². The monoisotopic (exact) mass is 456 g/mol. The predicted octanol–water partition coefficient (Wildman–Crippen LogP) is 3.76. The van der Waals surface area contributed by atoms with Crippen LogP contribution in [0.3, 0.4) is 0 Å². The Morgan fingerprint density at radius 3 is 2.65 bits per heavy atom. The maximum absolute atomic E-state index is 12.4. The van der Waals surface area contributed by atoms with E-state index in [1.807, 2.05) is 37.7 Å². The molecular formula is C23H28N4O2S2. The van der Waals surface area contributed by atoms with Crippen LogP contribution >= 0.6 is 23.1 Å². The zero-order valence-electron chi connectivity index (χ0n) is 18.0. The summed E-state index contributed by atoms with van der Waals surface area (Å²) in [6.45, 7) is 7.38. The van der Waals surface area contributed by atoms with Gasteiger partial charge in [0.1, 0.15) is 10.7 Å². The van der Waals surface area contributed by atoms with Crippen molar-refractivity contribution in [2.45, 2.75) is 33.1 Å². The molecule has 0 radical (unpaired) electrons. The molecule has 1 amide bonds. The number of benzene rings is 1. The van der Waals surface area contributed by atoms with Crippen molar-refractivity contribution in [3.05, 3.63) is 56.4 Å². The molecule has 31 heavy (non-hydrogen) atoms. The lowest BCUT2D eigenvalue weighted by Crippen LogP contribution is -2.34. The van der Waals surface area contributed by atoms with Crippen LogP contribution in [0, 0.1) is 13.8 Å². The summed E-state index contributed by atoms with van der Waals surface area (Å²) >= 11 is 3.55. The van der Waals surface area contributed by atoms with Crippen LogP contribution in [-0.2, 0) is 17.6 Å². The number of thioether (sulfide) groups is 1. The number of anilines is 1. The number of thiophene rings is 1. The van der Waals surface area contributed by atoms with Crippen LogP contribution in [0.5, 0.6) is 0 Å². The summed E-state index contributed by atoms with van der Waals surface area (Å²) in [6, 6.07) is 8.09. The maximum Gasteiger partial charge on any atom is 0.259 e. The zero-order valence-corrected chi connectivity index (χ0v) is 19.6. The van der Waals surface area contributed by atoms with Crippen LogP contribution in [0.25, 0.3) is 10.2 Å². The predicted molar refractivity (Wildman–Crippen MR) is 131 cm³/mol. The summed E-state index contributed by atoms with van der Waals surface area (Å²) in [4.78, 5) is 36.5. The second-order valence-electron chi connectivity index (χ2n) is 7.93. The number of aromatic amines is 1. The number of aryl methyl sites for hydroxylation is 3. The fourth-order valence-corrected chi connectivity index (χ4v) is 5.77. The van der Waals surface area contributed by atoms with E-state index in [1.165, 1.54) is 41.5 Å². The van der Waals surface area contributed by atoms with Crippen LogP contribution in [0.2, 0.25) is 0 Å². The summed E-state index contributed by atoms with van der Waals surface area (Å²) in [5.74, 6) is 2.93. The maximum atomic E-state index is 12.4. The number of carbonyl (C=O) groups excluding carboxylic acids is 1. The lowest BCUT2D eigenvalue weighted by molar-refractivity contribution is -0.116. The number of fused-ring (bicyclic) bond motifs is 1. The summed E-state index contributed by atoms with van der Waals surface area (Å²) < 4.78 is 0. The molecule has 0 saturated carbocycles. The molecule has 3 aromatic rings. The van der Waals surface area contributed by atoms with Crippen LogP contribution in [0.1, 0.15) is 28.2 Å². The lowest BCUT2D eigenvalue weighted by atomic mass is 10.1. The molecule has 1 aromatic carbocycles. The Balaban J connectivity index is 1.28. The standard InChI is InChI=1S/C23H28N4O2S2/c1-15-16(2)31-23-21(15)22(29)25-19(26-23)7-8-20(28)24-18-5-3-17(4-6-18)9-10-27-11-13-30-14-12-27/h3-6H,7-14H2,1-2H3,(H,24,28)(H,25,26,29). The number of hydrogen-bond acceptors (Lipinski definition) is 6. The normalized spacial score (nSPS) is 14.8. The molecule has 6 nitrogen and oxygen atoms in total. The number of aromatic nitrogens is 2. The van der Waals surface area contributed by atoms with E-state index in [1.54, 1.807) is 0 Å². The van der Waals surface area contributed by atoms with Crippen LogP contribution in [0.4, 0.5) is 5.69 Å². The Labute approximate surface area is 190 Å². The molecule has 2 aromatic heterocycles. The number of amides is 1. The van der Waals surface area contributed by atoms with Crippen molar-refractivity contribution in [2.75, 3.05) is 36.5 Å². The number of nitrogens with one attached hydrogen (secondary N) is 2. The van der Waals surface area contributed by atoms with Crippen molar-refractivity contribution in [1.29, 1.82) is 0 Å². The van der Waals surface area contributed by atoms with Crippen molar-refractivity contribution < 1.29 is 4.79 Å². The summed E-state index contributed by atoms with van der Waals surface area (Å²) in [5.41, 5.74) is 2.94. The van der Waals surface area contributed by atoms with Crippen LogP contribution < -0.4 is 10.9 Å². The van der Waals surface area contributed by atoms with Gasteiger partial charge in [0.25, 0.3) is 5.56 Å². The van der Waals surface area contributed by atoms with Crippen molar-refractivity contribution in [1.82, 2.24) is 14.9 Å². The van der Waals surface area contributed by atoms with Crippen molar-refractivity contribution in [3.63, 3.8) is 0 Å². The Hall–Kier alpha value is -2.16. The molecule has 0 aliphatic carbocycles. The number of hydrogen-bond donors (Lipinski definition) is 2. The molecule has 0 bridgehead atoms. The highest BCUT2D eigenvalue weighted by Crippen LogP contribution is 2.25. The minimum Gasteiger partial charge on any atom is -0.326 e. The average Bonchev–Trinajstić information content (AvgIpc) is 3.06. The largest absolute Gasteiger partial charge is 0.326 e. The summed E-state index contributed by atoms with van der Waals surface area (Å²) in [5, 5.41) is 3.60. The van der Waals surface area contributed by atoms with Crippen LogP contribution in [-0.4, -0.2) is 51.9 Å². The van der Waals surface area contributed by atoms with E-state index in [2.05, 4.69) is 32.3 Å². The van der Waals surface area contributed by atoms with Gasteiger partial charge in [-0.25, -0.2) is 4.98 Å². The SMILES string of the molecule is Cc1sc2nc(CCC(=O)Nc3ccc(CCN4CCSCC4)cc3)[nH]c(=O)c2c1C. The van der Waals surface area contributed by atoms with Gasteiger partial charge in [0.05, 0.1) is 5.39 Å². The second kappa shape index (κ2) is 9.97. The van der Waals surface area contributed by atoms with Gasteiger partial charge in [-0.2, -0.15) is 11.8 Å². The van der Waals surface area contributed by atoms with Gasteiger partial charge in [0.2, 0.25) is 5.91 Å². The topological polar surface area (TPSA) is 78.1 Å². The molecule has 1 fully saturated rings. The number of nitrogens with zero attached hydrogens (tertiary/aromatic N) is 2. The molecule has 1 aliphatic heterocycles. The number of H-pyrrole nitrogens is 1. The highest BCUT2D eigenvalue weighted by atomic mass is 32.2. The molecule has 0 spiro atoms. The Bertz CT molecular complexity index is 1120. The molecule has 3 heterocycles. The molecule has 4 rings (SSSR count). The number of rotatable bonds is 7.